The van der Waals surface area contributed by atoms with Crippen LogP contribution in [0.15, 0.2) is 36.4 Å². The third kappa shape index (κ3) is 4.23. The average Bonchev–Trinajstić information content (AvgIpc) is 2.74. The van der Waals surface area contributed by atoms with E-state index in [0.29, 0.717) is 17.2 Å². The van der Waals surface area contributed by atoms with Crippen molar-refractivity contribution in [3.63, 3.8) is 0 Å². The van der Waals surface area contributed by atoms with Crippen molar-refractivity contribution in [1.82, 2.24) is 0 Å². The lowest BCUT2D eigenvalue weighted by Crippen LogP contribution is -2.25. The first-order valence-electron chi connectivity index (χ1n) is 6.00. The van der Waals surface area contributed by atoms with Gasteiger partial charge >= 0.3 is 6.18 Å². The van der Waals surface area contributed by atoms with Crippen molar-refractivity contribution in [2.75, 3.05) is 0 Å². The lowest BCUT2D eigenvalue weighted by Gasteiger charge is -2.12. The van der Waals surface area contributed by atoms with Gasteiger partial charge in [0.05, 0.1) is 9.90 Å². The highest BCUT2D eigenvalue weighted by Gasteiger charge is 2.29. The number of thiophene rings is 1. The van der Waals surface area contributed by atoms with Gasteiger partial charge in [-0.3, -0.25) is 0 Å². The van der Waals surface area contributed by atoms with Crippen LogP contribution in [0, 0.1) is 0 Å². The lowest BCUT2D eigenvalue weighted by molar-refractivity contribution is -0.137. The van der Waals surface area contributed by atoms with E-state index in [2.05, 4.69) is 0 Å². The van der Waals surface area contributed by atoms with Crippen molar-refractivity contribution >= 4 is 22.9 Å². The molecular formula is C14H13ClF3NS. The van der Waals surface area contributed by atoms with Crippen LogP contribution in [0.25, 0.3) is 0 Å². The molecule has 1 atom stereocenters. The number of benzene rings is 1. The normalized spacial score (nSPS) is 13.4. The zero-order valence-electron chi connectivity index (χ0n) is 10.5. The van der Waals surface area contributed by atoms with Gasteiger partial charge in [0.2, 0.25) is 0 Å². The summed E-state index contributed by atoms with van der Waals surface area (Å²) in [6, 6.07) is 8.72. The topological polar surface area (TPSA) is 26.0 Å². The van der Waals surface area contributed by atoms with Gasteiger partial charge in [-0.1, -0.05) is 23.7 Å². The Labute approximate surface area is 124 Å². The maximum atomic E-state index is 12.4. The van der Waals surface area contributed by atoms with Crippen LogP contribution in [-0.4, -0.2) is 6.04 Å². The highest BCUT2D eigenvalue weighted by Crippen LogP contribution is 2.29. The molecule has 1 aromatic heterocycles. The molecule has 1 unspecified atom stereocenters. The molecule has 2 rings (SSSR count). The van der Waals surface area contributed by atoms with Crippen LogP contribution in [0.3, 0.4) is 0 Å². The highest BCUT2D eigenvalue weighted by atomic mass is 35.5. The minimum atomic E-state index is -4.30. The Kier molecular flexibility index (Phi) is 4.73. The van der Waals surface area contributed by atoms with E-state index in [1.54, 1.807) is 0 Å². The SMILES string of the molecule is NC(Cc1ccc(C(F)(F)F)cc1)Cc1ccc(Cl)s1. The molecule has 0 spiro atoms. The van der Waals surface area contributed by atoms with E-state index in [1.165, 1.54) is 23.5 Å². The minimum Gasteiger partial charge on any atom is -0.327 e. The Morgan fingerprint density at radius 1 is 1.05 bits per heavy atom. The van der Waals surface area contributed by atoms with Crippen molar-refractivity contribution in [2.24, 2.45) is 5.73 Å². The molecule has 2 aromatic rings. The minimum absolute atomic E-state index is 0.138. The summed E-state index contributed by atoms with van der Waals surface area (Å²) in [6.45, 7) is 0. The number of halogens is 4. The summed E-state index contributed by atoms with van der Waals surface area (Å²) in [5.41, 5.74) is 6.17. The number of rotatable bonds is 4. The fourth-order valence-electron chi connectivity index (χ4n) is 1.92. The van der Waals surface area contributed by atoms with Crippen molar-refractivity contribution in [2.45, 2.75) is 25.1 Å². The molecule has 1 aromatic carbocycles. The average molecular weight is 320 g/mol. The molecule has 0 saturated heterocycles. The predicted molar refractivity (Wildman–Crippen MR) is 76.2 cm³/mol. The van der Waals surface area contributed by atoms with Crippen LogP contribution < -0.4 is 5.73 Å². The third-order valence-corrected chi connectivity index (χ3v) is 4.12. The van der Waals surface area contributed by atoms with Gasteiger partial charge in [-0.25, -0.2) is 0 Å². The van der Waals surface area contributed by atoms with E-state index in [0.717, 1.165) is 22.6 Å². The first kappa shape index (κ1) is 15.4. The van der Waals surface area contributed by atoms with Crippen LogP contribution in [0.1, 0.15) is 16.0 Å². The van der Waals surface area contributed by atoms with Gasteiger partial charge in [0, 0.05) is 10.9 Å². The summed E-state index contributed by atoms with van der Waals surface area (Å²) >= 11 is 7.30. The maximum Gasteiger partial charge on any atom is 0.416 e. The molecule has 0 bridgehead atoms. The van der Waals surface area contributed by atoms with Crippen LogP contribution in [0.4, 0.5) is 13.2 Å². The third-order valence-electron chi connectivity index (χ3n) is 2.87. The maximum absolute atomic E-state index is 12.4. The quantitative estimate of drug-likeness (QED) is 0.880. The van der Waals surface area contributed by atoms with Crippen LogP contribution in [0.2, 0.25) is 4.34 Å². The van der Waals surface area contributed by atoms with Gasteiger partial charge in [0.15, 0.2) is 0 Å². The lowest BCUT2D eigenvalue weighted by atomic mass is 10.0. The zero-order valence-corrected chi connectivity index (χ0v) is 12.0. The largest absolute Gasteiger partial charge is 0.416 e. The van der Waals surface area contributed by atoms with E-state index < -0.39 is 11.7 Å². The molecule has 0 fully saturated rings. The van der Waals surface area contributed by atoms with Gasteiger partial charge in [-0.05, 0) is 42.7 Å². The summed E-state index contributed by atoms with van der Waals surface area (Å²) in [6.07, 6.45) is -3.10. The molecule has 0 aliphatic carbocycles. The molecule has 0 aliphatic rings. The monoisotopic (exact) mass is 319 g/mol. The molecule has 20 heavy (non-hydrogen) atoms. The Balaban J connectivity index is 1.96. The van der Waals surface area contributed by atoms with Crippen LogP contribution in [-0.2, 0) is 19.0 Å². The molecule has 0 aliphatic heterocycles. The van der Waals surface area contributed by atoms with E-state index in [1.807, 2.05) is 12.1 Å². The molecule has 6 heteroatoms. The van der Waals surface area contributed by atoms with Gasteiger partial charge in [0.25, 0.3) is 0 Å². The Bertz CT molecular complexity index is 563. The number of alkyl halides is 3. The van der Waals surface area contributed by atoms with Gasteiger partial charge < -0.3 is 5.73 Å². The zero-order chi connectivity index (χ0) is 14.8. The molecule has 108 valence electrons. The first-order chi connectivity index (χ1) is 9.34. The molecule has 0 radical (unpaired) electrons. The predicted octanol–water partition coefficient (Wildman–Crippen LogP) is 4.53. The summed E-state index contributed by atoms with van der Waals surface area (Å²) < 4.78 is 38.0. The highest BCUT2D eigenvalue weighted by molar-refractivity contribution is 7.16. The van der Waals surface area contributed by atoms with E-state index in [-0.39, 0.29) is 6.04 Å². The number of hydrogen-bond donors (Lipinski definition) is 1. The molecule has 2 N–H and O–H groups in total. The van der Waals surface area contributed by atoms with Crippen molar-refractivity contribution in [1.29, 1.82) is 0 Å². The van der Waals surface area contributed by atoms with Crippen LogP contribution >= 0.6 is 22.9 Å². The van der Waals surface area contributed by atoms with Crippen molar-refractivity contribution in [3.05, 3.63) is 56.7 Å². The second-order valence-electron chi connectivity index (χ2n) is 4.57. The van der Waals surface area contributed by atoms with E-state index in [9.17, 15) is 13.2 Å². The van der Waals surface area contributed by atoms with Crippen LogP contribution in [0.5, 0.6) is 0 Å². The second-order valence-corrected chi connectivity index (χ2v) is 6.37. The fourth-order valence-corrected chi connectivity index (χ4v) is 3.10. The fraction of sp³-hybridized carbons (Fsp3) is 0.286. The Morgan fingerprint density at radius 3 is 2.20 bits per heavy atom. The number of nitrogens with two attached hydrogens (primary N) is 1. The van der Waals surface area contributed by atoms with E-state index >= 15 is 0 Å². The van der Waals surface area contributed by atoms with Crippen molar-refractivity contribution < 1.29 is 13.2 Å². The number of hydrogen-bond acceptors (Lipinski definition) is 2. The van der Waals surface area contributed by atoms with E-state index in [4.69, 9.17) is 17.3 Å². The van der Waals surface area contributed by atoms with Crippen molar-refractivity contribution in [3.8, 4) is 0 Å². The summed E-state index contributed by atoms with van der Waals surface area (Å²) in [4.78, 5) is 1.08. The summed E-state index contributed by atoms with van der Waals surface area (Å²) in [7, 11) is 0. The van der Waals surface area contributed by atoms with Gasteiger partial charge in [0.1, 0.15) is 0 Å². The van der Waals surface area contributed by atoms with Gasteiger partial charge in [-0.15, -0.1) is 11.3 Å². The molecular weight excluding hydrogens is 307 g/mol. The first-order valence-corrected chi connectivity index (χ1v) is 7.20. The van der Waals surface area contributed by atoms with Gasteiger partial charge in [-0.2, -0.15) is 13.2 Å². The smallest absolute Gasteiger partial charge is 0.327 e. The summed E-state index contributed by atoms with van der Waals surface area (Å²) in [5, 5.41) is 0. The Morgan fingerprint density at radius 2 is 1.70 bits per heavy atom. The standard InChI is InChI=1S/C14H13ClF3NS/c15-13-6-5-12(20-13)8-11(19)7-9-1-3-10(4-2-9)14(16,17)18/h1-6,11H,7-8,19H2. The second kappa shape index (κ2) is 6.16. The molecule has 0 amide bonds. The summed E-state index contributed by atoms with van der Waals surface area (Å²) in [5.74, 6) is 0. The molecule has 1 heterocycles. The molecule has 1 nitrogen and oxygen atoms in total. The Hall–Kier alpha value is -1.04. The molecule has 0 saturated carbocycles.